The van der Waals surface area contributed by atoms with Gasteiger partial charge in [0.1, 0.15) is 15.7 Å². The maximum absolute atomic E-state index is 11.9. The van der Waals surface area contributed by atoms with Crippen LogP contribution in [-0.4, -0.2) is 35.9 Å². The van der Waals surface area contributed by atoms with Gasteiger partial charge in [0.15, 0.2) is 0 Å². The molecule has 2 aromatic rings. The molecule has 7 heteroatoms. The number of fused-ring (bicyclic) bond motifs is 1. The van der Waals surface area contributed by atoms with E-state index in [0.29, 0.717) is 36.1 Å². The zero-order chi connectivity index (χ0) is 14.9. The van der Waals surface area contributed by atoms with Gasteiger partial charge in [0, 0.05) is 6.04 Å². The molecular weight excluding hydrogens is 290 g/mol. The molecule has 0 radical (unpaired) electrons. The topological polar surface area (TPSA) is 91.9 Å². The SMILES string of the molecule is O=c1[nH]c(CNC2CCS(=O)(=O)CC2)nc2ccccc12. The number of hydrogen-bond acceptors (Lipinski definition) is 5. The number of para-hydroxylation sites is 1. The van der Waals surface area contributed by atoms with Gasteiger partial charge in [-0.05, 0) is 25.0 Å². The normalized spacial score (nSPS) is 18.9. The molecule has 112 valence electrons. The Bertz CT molecular complexity index is 800. The fourth-order valence-corrected chi connectivity index (χ4v) is 4.05. The number of rotatable bonds is 3. The molecule has 6 nitrogen and oxygen atoms in total. The minimum atomic E-state index is -2.85. The Morgan fingerprint density at radius 2 is 1.95 bits per heavy atom. The highest BCUT2D eigenvalue weighted by molar-refractivity contribution is 7.91. The molecule has 0 unspecified atom stereocenters. The third-order valence-electron chi connectivity index (χ3n) is 3.77. The third-order valence-corrected chi connectivity index (χ3v) is 5.49. The highest BCUT2D eigenvalue weighted by atomic mass is 32.2. The highest BCUT2D eigenvalue weighted by Gasteiger charge is 2.23. The molecule has 1 fully saturated rings. The second-order valence-corrected chi connectivity index (χ2v) is 7.64. The van der Waals surface area contributed by atoms with Gasteiger partial charge in [-0.2, -0.15) is 0 Å². The summed E-state index contributed by atoms with van der Waals surface area (Å²) in [5, 5.41) is 3.84. The number of benzene rings is 1. The monoisotopic (exact) mass is 307 g/mol. The van der Waals surface area contributed by atoms with Crippen LogP contribution < -0.4 is 10.9 Å². The van der Waals surface area contributed by atoms with Crippen LogP contribution in [0.1, 0.15) is 18.7 Å². The van der Waals surface area contributed by atoms with Crippen LogP contribution in [0.15, 0.2) is 29.1 Å². The molecule has 0 spiro atoms. The largest absolute Gasteiger partial charge is 0.309 e. The summed E-state index contributed by atoms with van der Waals surface area (Å²) in [7, 11) is -2.85. The summed E-state index contributed by atoms with van der Waals surface area (Å²) in [5.74, 6) is 1.03. The maximum atomic E-state index is 11.9. The zero-order valence-electron chi connectivity index (χ0n) is 11.5. The summed E-state index contributed by atoms with van der Waals surface area (Å²) >= 11 is 0. The van der Waals surface area contributed by atoms with Crippen LogP contribution in [0.2, 0.25) is 0 Å². The first-order valence-corrected chi connectivity index (χ1v) is 8.77. The predicted molar refractivity (Wildman–Crippen MR) is 80.9 cm³/mol. The minimum absolute atomic E-state index is 0.149. The molecule has 0 aliphatic carbocycles. The van der Waals surface area contributed by atoms with Crippen LogP contribution in [0.5, 0.6) is 0 Å². The summed E-state index contributed by atoms with van der Waals surface area (Å²) in [5.41, 5.74) is 0.521. The molecule has 3 rings (SSSR count). The molecule has 1 aliphatic heterocycles. The third kappa shape index (κ3) is 3.30. The van der Waals surface area contributed by atoms with Crippen LogP contribution in [0.25, 0.3) is 10.9 Å². The summed E-state index contributed by atoms with van der Waals surface area (Å²) in [6.07, 6.45) is 1.22. The first-order valence-electron chi connectivity index (χ1n) is 6.95. The smallest absolute Gasteiger partial charge is 0.258 e. The molecule has 1 saturated heterocycles. The van der Waals surface area contributed by atoms with E-state index in [4.69, 9.17) is 0 Å². The van der Waals surface area contributed by atoms with Gasteiger partial charge in [0.05, 0.1) is 29.0 Å². The lowest BCUT2D eigenvalue weighted by Crippen LogP contribution is -2.37. The predicted octanol–water partition coefficient (Wildman–Crippen LogP) is 0.590. The van der Waals surface area contributed by atoms with Crippen molar-refractivity contribution in [2.75, 3.05) is 11.5 Å². The van der Waals surface area contributed by atoms with Crippen molar-refractivity contribution >= 4 is 20.7 Å². The van der Waals surface area contributed by atoms with E-state index in [1.807, 2.05) is 6.07 Å². The Morgan fingerprint density at radius 1 is 1.24 bits per heavy atom. The maximum Gasteiger partial charge on any atom is 0.258 e. The molecule has 0 amide bonds. The van der Waals surface area contributed by atoms with Crippen molar-refractivity contribution in [2.45, 2.75) is 25.4 Å². The standard InChI is InChI=1S/C14H17N3O3S/c18-14-11-3-1-2-4-12(11)16-13(17-14)9-15-10-5-7-21(19,20)8-6-10/h1-4,10,15H,5-9H2,(H,16,17,18). The van der Waals surface area contributed by atoms with Crippen molar-refractivity contribution in [1.82, 2.24) is 15.3 Å². The summed E-state index contributed by atoms with van der Waals surface area (Å²) < 4.78 is 22.7. The van der Waals surface area contributed by atoms with Crippen molar-refractivity contribution in [2.24, 2.45) is 0 Å². The summed E-state index contributed by atoms with van der Waals surface area (Å²) in [4.78, 5) is 19.1. The van der Waals surface area contributed by atoms with Gasteiger partial charge < -0.3 is 10.3 Å². The number of sulfone groups is 1. The lowest BCUT2D eigenvalue weighted by molar-refractivity contribution is 0.457. The fraction of sp³-hybridized carbons (Fsp3) is 0.429. The minimum Gasteiger partial charge on any atom is -0.309 e. The lowest BCUT2D eigenvalue weighted by Gasteiger charge is -2.22. The number of nitrogens with zero attached hydrogens (tertiary/aromatic N) is 1. The molecule has 0 bridgehead atoms. The first-order chi connectivity index (χ1) is 10.0. The Morgan fingerprint density at radius 3 is 2.71 bits per heavy atom. The fourth-order valence-electron chi connectivity index (χ4n) is 2.55. The zero-order valence-corrected chi connectivity index (χ0v) is 12.3. The Hall–Kier alpha value is -1.73. The molecule has 1 aliphatic rings. The average Bonchev–Trinajstić information content (AvgIpc) is 2.46. The number of H-pyrrole nitrogens is 1. The van der Waals surface area contributed by atoms with Crippen LogP contribution in [0.4, 0.5) is 0 Å². The quantitative estimate of drug-likeness (QED) is 0.866. The van der Waals surface area contributed by atoms with Gasteiger partial charge >= 0.3 is 0 Å². The van der Waals surface area contributed by atoms with E-state index in [1.54, 1.807) is 18.2 Å². The highest BCUT2D eigenvalue weighted by Crippen LogP contribution is 2.12. The van der Waals surface area contributed by atoms with E-state index in [1.165, 1.54) is 0 Å². The van der Waals surface area contributed by atoms with Crippen molar-refractivity contribution in [3.8, 4) is 0 Å². The molecular formula is C14H17N3O3S. The van der Waals surface area contributed by atoms with Crippen molar-refractivity contribution in [1.29, 1.82) is 0 Å². The van der Waals surface area contributed by atoms with Crippen molar-refractivity contribution in [3.63, 3.8) is 0 Å². The molecule has 1 aromatic carbocycles. The molecule has 21 heavy (non-hydrogen) atoms. The van der Waals surface area contributed by atoms with E-state index in [-0.39, 0.29) is 23.1 Å². The van der Waals surface area contributed by atoms with Crippen LogP contribution in [0.3, 0.4) is 0 Å². The van der Waals surface area contributed by atoms with Gasteiger partial charge in [0.2, 0.25) is 0 Å². The lowest BCUT2D eigenvalue weighted by atomic mass is 10.1. The van der Waals surface area contributed by atoms with Crippen LogP contribution >= 0.6 is 0 Å². The second kappa shape index (κ2) is 5.57. The van der Waals surface area contributed by atoms with Crippen molar-refractivity contribution < 1.29 is 8.42 Å². The van der Waals surface area contributed by atoms with Gasteiger partial charge in [0.25, 0.3) is 5.56 Å². The Labute approximate surface area is 122 Å². The molecule has 0 atom stereocenters. The number of nitrogens with one attached hydrogen (secondary N) is 2. The number of aromatic nitrogens is 2. The Kier molecular flexibility index (Phi) is 3.77. The van der Waals surface area contributed by atoms with Crippen molar-refractivity contribution in [3.05, 3.63) is 40.4 Å². The van der Waals surface area contributed by atoms with Gasteiger partial charge in [-0.25, -0.2) is 13.4 Å². The number of hydrogen-bond donors (Lipinski definition) is 2. The molecule has 1 aromatic heterocycles. The van der Waals surface area contributed by atoms with E-state index in [2.05, 4.69) is 15.3 Å². The average molecular weight is 307 g/mol. The molecule has 2 N–H and O–H groups in total. The van der Waals surface area contributed by atoms with Crippen LogP contribution in [0, 0.1) is 0 Å². The van der Waals surface area contributed by atoms with E-state index >= 15 is 0 Å². The number of aromatic amines is 1. The Balaban J connectivity index is 1.70. The van der Waals surface area contributed by atoms with Gasteiger partial charge in [-0.15, -0.1) is 0 Å². The van der Waals surface area contributed by atoms with E-state index < -0.39 is 9.84 Å². The van der Waals surface area contributed by atoms with Gasteiger partial charge in [-0.3, -0.25) is 4.79 Å². The first kappa shape index (κ1) is 14.2. The van der Waals surface area contributed by atoms with E-state index in [0.717, 1.165) is 0 Å². The van der Waals surface area contributed by atoms with E-state index in [9.17, 15) is 13.2 Å². The molecule has 0 saturated carbocycles. The molecule has 2 heterocycles. The van der Waals surface area contributed by atoms with Gasteiger partial charge in [-0.1, -0.05) is 12.1 Å². The van der Waals surface area contributed by atoms with Crippen LogP contribution in [-0.2, 0) is 16.4 Å². The summed E-state index contributed by atoms with van der Waals surface area (Å²) in [6.45, 7) is 0.435. The summed E-state index contributed by atoms with van der Waals surface area (Å²) in [6, 6.07) is 7.36. The second-order valence-electron chi connectivity index (χ2n) is 5.34.